The molecule has 0 nitrogen and oxygen atoms in total. The van der Waals surface area contributed by atoms with Gasteiger partial charge in [-0.05, 0) is 36.1 Å². The normalized spacial score (nSPS) is 10.1. The highest BCUT2D eigenvalue weighted by molar-refractivity contribution is 6.29. The molecule has 0 saturated heterocycles. The minimum absolute atomic E-state index is 1.09. The second kappa shape index (κ2) is 5.20. The summed E-state index contributed by atoms with van der Waals surface area (Å²) in [6.45, 7) is 4.21. The first-order valence-corrected chi connectivity index (χ1v) is 6.10. The van der Waals surface area contributed by atoms with Crippen LogP contribution in [0, 0.1) is 13.8 Å². The Kier molecular flexibility index (Phi) is 3.65. The van der Waals surface area contributed by atoms with Crippen LogP contribution in [0.2, 0.25) is 0 Å². The smallest absolute Gasteiger partial charge is 0.0127 e. The van der Waals surface area contributed by atoms with Crippen LogP contribution in [0.1, 0.15) is 22.3 Å². The third-order valence-electron chi connectivity index (χ3n) is 2.98. The average Bonchev–Trinajstić information content (AvgIpc) is 2.34. The fraction of sp³-hybridized carbons (Fsp3) is 0.125. The van der Waals surface area contributed by atoms with Gasteiger partial charge in [0.15, 0.2) is 0 Å². The summed E-state index contributed by atoms with van der Waals surface area (Å²) in [5, 5.41) is 0. The summed E-state index contributed by atoms with van der Waals surface area (Å²) in [6, 6.07) is 16.6. The van der Waals surface area contributed by atoms with E-state index in [1.54, 1.807) is 5.54 Å². The molecule has 0 aromatic heterocycles. The molecule has 1 heteroatoms. The Hall–Kier alpha value is -1.53. The summed E-state index contributed by atoms with van der Waals surface area (Å²) in [5.41, 5.74) is 7.62. The molecule has 0 aliphatic heterocycles. The van der Waals surface area contributed by atoms with Crippen LogP contribution in [0.4, 0.5) is 0 Å². The Morgan fingerprint density at radius 3 is 1.59 bits per heavy atom. The molecular weight excluding hydrogens is 228 g/mol. The maximum atomic E-state index is 6.02. The van der Waals surface area contributed by atoms with E-state index in [0.717, 1.165) is 5.57 Å². The summed E-state index contributed by atoms with van der Waals surface area (Å²) in [5.74, 6) is 0. The fourth-order valence-electron chi connectivity index (χ4n) is 2.01. The van der Waals surface area contributed by atoms with Crippen molar-refractivity contribution in [2.24, 2.45) is 0 Å². The number of hydrogen-bond donors (Lipinski definition) is 0. The van der Waals surface area contributed by atoms with Crippen molar-refractivity contribution in [1.82, 2.24) is 0 Å². The molecule has 0 saturated carbocycles. The van der Waals surface area contributed by atoms with Crippen molar-refractivity contribution in [3.63, 3.8) is 0 Å². The maximum Gasteiger partial charge on any atom is 0.0127 e. The molecule has 0 aliphatic rings. The molecule has 2 rings (SSSR count). The van der Waals surface area contributed by atoms with Crippen LogP contribution in [0.15, 0.2) is 54.1 Å². The van der Waals surface area contributed by atoms with E-state index >= 15 is 0 Å². The number of hydrogen-bond acceptors (Lipinski definition) is 0. The lowest BCUT2D eigenvalue weighted by atomic mass is 9.93. The lowest BCUT2D eigenvalue weighted by Crippen LogP contribution is -1.93. The van der Waals surface area contributed by atoms with Crippen molar-refractivity contribution >= 4 is 17.2 Å². The topological polar surface area (TPSA) is 0 Å². The Labute approximate surface area is 108 Å². The van der Waals surface area contributed by atoms with Crippen LogP contribution in [-0.2, 0) is 0 Å². The van der Waals surface area contributed by atoms with Crippen LogP contribution in [0.3, 0.4) is 0 Å². The molecule has 0 fully saturated rings. The average molecular weight is 243 g/mol. The molecule has 0 atom stereocenters. The molecule has 2 aromatic carbocycles. The largest absolute Gasteiger partial charge is 0.0923 e. The summed E-state index contributed by atoms with van der Waals surface area (Å²) in [4.78, 5) is 0. The molecule has 0 spiro atoms. The highest BCUT2D eigenvalue weighted by atomic mass is 35.5. The van der Waals surface area contributed by atoms with Crippen molar-refractivity contribution in [2.45, 2.75) is 13.8 Å². The van der Waals surface area contributed by atoms with Crippen LogP contribution in [0.25, 0.3) is 5.57 Å². The molecule has 0 amide bonds. The quantitative estimate of drug-likeness (QED) is 0.700. The lowest BCUT2D eigenvalue weighted by Gasteiger charge is -2.12. The van der Waals surface area contributed by atoms with Crippen LogP contribution in [-0.4, -0.2) is 0 Å². The Bertz CT molecular complexity index is 505. The Morgan fingerprint density at radius 2 is 1.24 bits per heavy atom. The number of aryl methyl sites for hydroxylation is 2. The van der Waals surface area contributed by atoms with Gasteiger partial charge in [-0.3, -0.25) is 0 Å². The molecule has 86 valence electrons. The first-order valence-electron chi connectivity index (χ1n) is 5.66. The number of rotatable bonds is 2. The van der Waals surface area contributed by atoms with Crippen molar-refractivity contribution in [1.29, 1.82) is 0 Å². The fourth-order valence-corrected chi connectivity index (χ4v) is 2.25. The Balaban J connectivity index is 2.57. The van der Waals surface area contributed by atoms with Gasteiger partial charge in [0.25, 0.3) is 0 Å². The first-order chi connectivity index (χ1) is 8.24. The van der Waals surface area contributed by atoms with Gasteiger partial charge >= 0.3 is 0 Å². The molecule has 0 N–H and O–H groups in total. The van der Waals surface area contributed by atoms with Gasteiger partial charge in [0.1, 0.15) is 0 Å². The standard InChI is InChI=1S/C16H15Cl/c1-12-7-3-5-9-14(12)16(11-17)15-10-6-4-8-13(15)2/h3-11H,1-2H3. The molecule has 0 aliphatic carbocycles. The van der Waals surface area contributed by atoms with E-state index in [1.807, 2.05) is 24.3 Å². The van der Waals surface area contributed by atoms with Gasteiger partial charge in [-0.1, -0.05) is 60.1 Å². The zero-order valence-electron chi connectivity index (χ0n) is 10.1. The Morgan fingerprint density at radius 1 is 0.824 bits per heavy atom. The van der Waals surface area contributed by atoms with E-state index in [0.29, 0.717) is 0 Å². The zero-order chi connectivity index (χ0) is 12.3. The van der Waals surface area contributed by atoms with Gasteiger partial charge in [-0.2, -0.15) is 0 Å². The van der Waals surface area contributed by atoms with Crippen molar-refractivity contribution < 1.29 is 0 Å². The molecule has 0 heterocycles. The molecule has 2 aromatic rings. The minimum atomic E-state index is 1.09. The number of benzene rings is 2. The van der Waals surface area contributed by atoms with Gasteiger partial charge in [0.05, 0.1) is 0 Å². The van der Waals surface area contributed by atoms with Gasteiger partial charge in [-0.15, -0.1) is 0 Å². The van der Waals surface area contributed by atoms with E-state index in [9.17, 15) is 0 Å². The third-order valence-corrected chi connectivity index (χ3v) is 3.20. The predicted molar refractivity (Wildman–Crippen MR) is 75.3 cm³/mol. The van der Waals surface area contributed by atoms with Crippen LogP contribution >= 0.6 is 11.6 Å². The second-order valence-corrected chi connectivity index (χ2v) is 4.37. The van der Waals surface area contributed by atoms with Gasteiger partial charge in [0.2, 0.25) is 0 Å². The van der Waals surface area contributed by atoms with E-state index in [2.05, 4.69) is 38.1 Å². The summed E-state index contributed by atoms with van der Waals surface area (Å²) in [6.07, 6.45) is 0. The minimum Gasteiger partial charge on any atom is -0.0923 e. The van der Waals surface area contributed by atoms with Crippen molar-refractivity contribution in [3.05, 3.63) is 76.3 Å². The van der Waals surface area contributed by atoms with Gasteiger partial charge in [-0.25, -0.2) is 0 Å². The maximum absolute atomic E-state index is 6.02. The van der Waals surface area contributed by atoms with E-state index in [-0.39, 0.29) is 0 Å². The third kappa shape index (κ3) is 2.42. The van der Waals surface area contributed by atoms with Gasteiger partial charge < -0.3 is 0 Å². The first kappa shape index (κ1) is 11.9. The predicted octanol–water partition coefficient (Wildman–Crippen LogP) is 4.93. The lowest BCUT2D eigenvalue weighted by molar-refractivity contribution is 1.38. The molecule has 0 bridgehead atoms. The van der Waals surface area contributed by atoms with E-state index in [4.69, 9.17) is 11.6 Å². The SMILES string of the molecule is Cc1ccccc1C(=CCl)c1ccccc1C. The molecule has 17 heavy (non-hydrogen) atoms. The van der Waals surface area contributed by atoms with E-state index in [1.165, 1.54) is 22.3 Å². The monoisotopic (exact) mass is 242 g/mol. The van der Waals surface area contributed by atoms with Gasteiger partial charge in [0, 0.05) is 11.1 Å². The zero-order valence-corrected chi connectivity index (χ0v) is 10.8. The molecule has 0 radical (unpaired) electrons. The molecular formula is C16H15Cl. The number of halogens is 1. The molecule has 0 unspecified atom stereocenters. The highest BCUT2D eigenvalue weighted by Gasteiger charge is 2.08. The van der Waals surface area contributed by atoms with Crippen molar-refractivity contribution in [2.75, 3.05) is 0 Å². The second-order valence-electron chi connectivity index (χ2n) is 4.15. The summed E-state index contributed by atoms with van der Waals surface area (Å²) in [7, 11) is 0. The highest BCUT2D eigenvalue weighted by Crippen LogP contribution is 2.28. The van der Waals surface area contributed by atoms with Crippen LogP contribution < -0.4 is 0 Å². The summed E-state index contributed by atoms with van der Waals surface area (Å²) < 4.78 is 0. The van der Waals surface area contributed by atoms with E-state index < -0.39 is 0 Å². The summed E-state index contributed by atoms with van der Waals surface area (Å²) >= 11 is 6.02. The van der Waals surface area contributed by atoms with Crippen LogP contribution in [0.5, 0.6) is 0 Å². The van der Waals surface area contributed by atoms with Crippen molar-refractivity contribution in [3.8, 4) is 0 Å².